The van der Waals surface area contributed by atoms with E-state index in [1.54, 1.807) is 19.1 Å². The van der Waals surface area contributed by atoms with Crippen LogP contribution in [0.25, 0.3) is 0 Å². The quantitative estimate of drug-likeness (QED) is 0.689. The third-order valence-corrected chi connectivity index (χ3v) is 5.55. The fourth-order valence-corrected chi connectivity index (χ4v) is 3.90. The number of carbonyl (C=O) groups excluding carboxylic acids is 2. The lowest BCUT2D eigenvalue weighted by atomic mass is 10.1. The van der Waals surface area contributed by atoms with Crippen LogP contribution in [0.1, 0.15) is 64.4 Å². The van der Waals surface area contributed by atoms with Crippen molar-refractivity contribution in [2.45, 2.75) is 53.0 Å². The molecule has 3 rings (SSSR count). The van der Waals surface area contributed by atoms with Gasteiger partial charge in [0, 0.05) is 32.2 Å². The van der Waals surface area contributed by atoms with Gasteiger partial charge in [-0.25, -0.2) is 9.18 Å². The van der Waals surface area contributed by atoms with Crippen LogP contribution in [-0.4, -0.2) is 48.0 Å². The van der Waals surface area contributed by atoms with Crippen molar-refractivity contribution in [1.29, 1.82) is 0 Å². The molecule has 0 bridgehead atoms. The first-order valence-electron chi connectivity index (χ1n) is 11.3. The maximum atomic E-state index is 14.0. The summed E-state index contributed by atoms with van der Waals surface area (Å²) in [7, 11) is 0. The Morgan fingerprint density at radius 3 is 2.88 bits per heavy atom. The van der Waals surface area contributed by atoms with Gasteiger partial charge in [0.25, 0.3) is 5.91 Å². The number of nitrogens with zero attached hydrogens (tertiary/aromatic N) is 2. The van der Waals surface area contributed by atoms with E-state index in [2.05, 4.69) is 5.32 Å². The molecule has 0 fully saturated rings. The van der Waals surface area contributed by atoms with Crippen LogP contribution in [0, 0.1) is 18.7 Å². The monoisotopic (exact) mass is 445 g/mol. The lowest BCUT2D eigenvalue weighted by Gasteiger charge is -2.16. The predicted molar refractivity (Wildman–Crippen MR) is 118 cm³/mol. The Balaban J connectivity index is 1.73. The van der Waals surface area contributed by atoms with Crippen LogP contribution in [0.4, 0.5) is 4.39 Å². The summed E-state index contributed by atoms with van der Waals surface area (Å²) < 4.78 is 26.9. The molecule has 8 heteroatoms. The van der Waals surface area contributed by atoms with Gasteiger partial charge >= 0.3 is 5.97 Å². The van der Waals surface area contributed by atoms with Crippen molar-refractivity contribution < 1.29 is 23.5 Å². The summed E-state index contributed by atoms with van der Waals surface area (Å²) in [6.07, 6.45) is 2.90. The number of amides is 1. The van der Waals surface area contributed by atoms with Gasteiger partial charge < -0.3 is 14.8 Å². The molecule has 0 spiro atoms. The molecule has 1 aliphatic heterocycles. The van der Waals surface area contributed by atoms with Gasteiger partial charge in [-0.15, -0.1) is 0 Å². The van der Waals surface area contributed by atoms with E-state index in [-0.39, 0.29) is 24.0 Å². The van der Waals surface area contributed by atoms with Gasteiger partial charge in [-0.1, -0.05) is 26.0 Å². The summed E-state index contributed by atoms with van der Waals surface area (Å²) in [5, 5.41) is 7.67. The first-order chi connectivity index (χ1) is 15.4. The number of halogens is 1. The Kier molecular flexibility index (Phi) is 8.39. The summed E-state index contributed by atoms with van der Waals surface area (Å²) in [6, 6.07) is 4.50. The van der Waals surface area contributed by atoms with Crippen LogP contribution in [0.3, 0.4) is 0 Å². The van der Waals surface area contributed by atoms with Crippen molar-refractivity contribution in [3.05, 3.63) is 52.1 Å². The van der Waals surface area contributed by atoms with E-state index in [1.807, 2.05) is 18.5 Å². The molecule has 32 heavy (non-hydrogen) atoms. The molecule has 1 atom stereocenters. The molecule has 1 amide bonds. The van der Waals surface area contributed by atoms with Crippen LogP contribution in [-0.2, 0) is 28.9 Å². The highest BCUT2D eigenvalue weighted by atomic mass is 19.1. The molecule has 1 aliphatic rings. The Morgan fingerprint density at radius 2 is 2.12 bits per heavy atom. The number of esters is 1. The second-order valence-electron chi connectivity index (χ2n) is 8.26. The predicted octanol–water partition coefficient (Wildman–Crippen LogP) is 3.47. The molecule has 1 aromatic carbocycles. The van der Waals surface area contributed by atoms with Crippen LogP contribution in [0.2, 0.25) is 0 Å². The minimum atomic E-state index is -0.669. The number of ether oxygens (including phenoxy) is 2. The largest absolute Gasteiger partial charge is 0.462 e. The van der Waals surface area contributed by atoms with Crippen molar-refractivity contribution >= 4 is 11.9 Å². The zero-order valence-electron chi connectivity index (χ0n) is 19.1. The number of nitrogens with one attached hydrogen (secondary N) is 1. The van der Waals surface area contributed by atoms with E-state index >= 15 is 0 Å². The molecule has 0 saturated heterocycles. The highest BCUT2D eigenvalue weighted by Crippen LogP contribution is 2.20. The number of rotatable bonds is 6. The highest BCUT2D eigenvalue weighted by Gasteiger charge is 2.24. The topological polar surface area (TPSA) is 82.5 Å². The molecule has 2 aromatic rings. The smallest absolute Gasteiger partial charge is 0.341 e. The number of benzene rings is 1. The molecule has 0 unspecified atom stereocenters. The van der Waals surface area contributed by atoms with Crippen LogP contribution in [0.5, 0.6) is 0 Å². The Morgan fingerprint density at radius 1 is 1.34 bits per heavy atom. The summed E-state index contributed by atoms with van der Waals surface area (Å²) >= 11 is 0. The van der Waals surface area contributed by atoms with Crippen LogP contribution >= 0.6 is 0 Å². The molecule has 1 N–H and O–H groups in total. The van der Waals surface area contributed by atoms with Crippen molar-refractivity contribution in [1.82, 2.24) is 15.1 Å². The molecular formula is C24H32FN3O4. The minimum absolute atomic E-state index is 0.0303. The number of hydrogen-bond acceptors (Lipinski definition) is 5. The van der Waals surface area contributed by atoms with Gasteiger partial charge in [-0.05, 0) is 44.2 Å². The lowest BCUT2D eigenvalue weighted by Crippen LogP contribution is -2.27. The number of hydrogen-bond donors (Lipinski definition) is 1. The Labute approximate surface area is 188 Å². The van der Waals surface area contributed by atoms with Gasteiger partial charge in [0.15, 0.2) is 0 Å². The molecule has 2 heterocycles. The number of fused-ring (bicyclic) bond motifs is 1. The second kappa shape index (κ2) is 11.2. The third-order valence-electron chi connectivity index (χ3n) is 5.55. The van der Waals surface area contributed by atoms with Gasteiger partial charge in [0.2, 0.25) is 0 Å². The number of carbonyl (C=O) groups is 2. The second-order valence-corrected chi connectivity index (χ2v) is 8.26. The average molecular weight is 446 g/mol. The molecule has 0 saturated carbocycles. The van der Waals surface area contributed by atoms with E-state index in [1.165, 1.54) is 6.07 Å². The molecule has 0 aliphatic carbocycles. The first kappa shape index (κ1) is 23.9. The van der Waals surface area contributed by atoms with Crippen molar-refractivity contribution in [2.24, 2.45) is 5.92 Å². The van der Waals surface area contributed by atoms with Crippen LogP contribution in [0.15, 0.2) is 18.2 Å². The summed E-state index contributed by atoms with van der Waals surface area (Å²) in [5.41, 5.74) is 2.81. The summed E-state index contributed by atoms with van der Waals surface area (Å²) in [6.45, 7) is 8.04. The van der Waals surface area contributed by atoms with Crippen LogP contribution < -0.4 is 5.32 Å². The standard InChI is InChI=1S/C24H32FN3O4/c1-4-19-22-20(10-6-12-31-13-7-11-26-23(22)29)28(27-19)14-16(2)15-32-24(30)21-17(3)8-5-9-18(21)25/h5,8-9,16H,4,6-7,10-15H2,1-3H3,(H,26,29)/t16-/m1/s1. The highest BCUT2D eigenvalue weighted by molar-refractivity contribution is 5.96. The molecule has 1 aromatic heterocycles. The van der Waals surface area contributed by atoms with Gasteiger partial charge in [0.05, 0.1) is 29.1 Å². The number of aromatic nitrogens is 2. The van der Waals surface area contributed by atoms with Crippen molar-refractivity contribution in [2.75, 3.05) is 26.4 Å². The van der Waals surface area contributed by atoms with E-state index < -0.39 is 11.8 Å². The molecule has 174 valence electrons. The van der Waals surface area contributed by atoms with E-state index in [9.17, 15) is 14.0 Å². The average Bonchev–Trinajstić information content (AvgIpc) is 3.08. The SMILES string of the molecule is CCc1nn(C[C@@H](C)COC(=O)c2c(C)cccc2F)c2c1C(=O)NCCCOCCC2. The third kappa shape index (κ3) is 5.73. The zero-order chi connectivity index (χ0) is 23.1. The van der Waals surface area contributed by atoms with E-state index in [4.69, 9.17) is 14.6 Å². The van der Waals surface area contributed by atoms with E-state index in [0.29, 0.717) is 50.3 Å². The minimum Gasteiger partial charge on any atom is -0.462 e. The molecule has 0 radical (unpaired) electrons. The maximum absolute atomic E-state index is 14.0. The Hall–Kier alpha value is -2.74. The van der Waals surface area contributed by atoms with Gasteiger partial charge in [0.1, 0.15) is 5.82 Å². The summed E-state index contributed by atoms with van der Waals surface area (Å²) in [5.74, 6) is -1.42. The zero-order valence-corrected chi connectivity index (χ0v) is 19.1. The normalized spacial score (nSPS) is 15.9. The first-order valence-corrected chi connectivity index (χ1v) is 11.3. The van der Waals surface area contributed by atoms with Gasteiger partial charge in [-0.2, -0.15) is 5.10 Å². The van der Waals surface area contributed by atoms with Crippen molar-refractivity contribution in [3.63, 3.8) is 0 Å². The Bertz CT molecular complexity index is 937. The van der Waals surface area contributed by atoms with E-state index in [0.717, 1.165) is 24.2 Å². The lowest BCUT2D eigenvalue weighted by molar-refractivity contribution is 0.0429. The molecule has 7 nitrogen and oxygen atoms in total. The maximum Gasteiger partial charge on any atom is 0.341 e. The summed E-state index contributed by atoms with van der Waals surface area (Å²) in [4.78, 5) is 25.2. The fourth-order valence-electron chi connectivity index (χ4n) is 3.90. The van der Waals surface area contributed by atoms with Crippen molar-refractivity contribution in [3.8, 4) is 0 Å². The van der Waals surface area contributed by atoms with Gasteiger partial charge in [-0.3, -0.25) is 9.48 Å². The fraction of sp³-hybridized carbons (Fsp3) is 0.542. The number of aryl methyl sites for hydroxylation is 2. The molecular weight excluding hydrogens is 413 g/mol.